The van der Waals surface area contributed by atoms with Crippen LogP contribution in [0.4, 0.5) is 16.2 Å². The summed E-state index contributed by atoms with van der Waals surface area (Å²) in [7, 11) is 0. The van der Waals surface area contributed by atoms with Crippen LogP contribution in [-0.4, -0.2) is 21.2 Å². The number of amides is 2. The molecule has 19 heavy (non-hydrogen) atoms. The summed E-state index contributed by atoms with van der Waals surface area (Å²) in [4.78, 5) is 15.0. The molecule has 0 spiro atoms. The van der Waals surface area contributed by atoms with Gasteiger partial charge in [-0.3, -0.25) is 5.10 Å². The van der Waals surface area contributed by atoms with Gasteiger partial charge in [0.25, 0.3) is 0 Å². The second kappa shape index (κ2) is 4.49. The van der Waals surface area contributed by atoms with E-state index < -0.39 is 0 Å². The van der Waals surface area contributed by atoms with Crippen LogP contribution in [0.2, 0.25) is 0 Å². The third-order valence-electron chi connectivity index (χ3n) is 2.77. The van der Waals surface area contributed by atoms with Crippen LogP contribution in [0.25, 0.3) is 10.9 Å². The molecule has 3 aromatic rings. The molecular formula is C13H13N5O. The largest absolute Gasteiger partial charge is 0.359 e. The summed E-state index contributed by atoms with van der Waals surface area (Å²) in [5.74, 6) is 0. The summed E-state index contributed by atoms with van der Waals surface area (Å²) < 4.78 is 0. The van der Waals surface area contributed by atoms with E-state index >= 15 is 0 Å². The lowest BCUT2D eigenvalue weighted by Crippen LogP contribution is -2.18. The van der Waals surface area contributed by atoms with E-state index in [1.165, 1.54) is 6.20 Å². The highest BCUT2D eigenvalue weighted by molar-refractivity contribution is 6.00. The van der Waals surface area contributed by atoms with Gasteiger partial charge in [0, 0.05) is 28.5 Å². The van der Waals surface area contributed by atoms with Gasteiger partial charge in [-0.2, -0.15) is 5.10 Å². The van der Waals surface area contributed by atoms with E-state index in [1.807, 2.05) is 31.2 Å². The van der Waals surface area contributed by atoms with Crippen LogP contribution < -0.4 is 10.6 Å². The van der Waals surface area contributed by atoms with E-state index in [1.54, 1.807) is 6.20 Å². The number of benzene rings is 1. The number of hydrogen-bond donors (Lipinski definition) is 4. The van der Waals surface area contributed by atoms with Crippen molar-refractivity contribution >= 4 is 28.3 Å². The van der Waals surface area contributed by atoms with Crippen molar-refractivity contribution < 1.29 is 4.79 Å². The number of aryl methyl sites for hydroxylation is 1. The number of urea groups is 1. The zero-order valence-electron chi connectivity index (χ0n) is 10.3. The minimum absolute atomic E-state index is 0.298. The molecule has 0 aliphatic carbocycles. The predicted molar refractivity (Wildman–Crippen MR) is 74.3 cm³/mol. The Morgan fingerprint density at radius 1 is 1.21 bits per heavy atom. The van der Waals surface area contributed by atoms with E-state index in [0.29, 0.717) is 5.69 Å². The van der Waals surface area contributed by atoms with Gasteiger partial charge in [-0.25, -0.2) is 4.79 Å². The SMILES string of the molecule is Cc1cc2cc(NC(=O)Nc3cn[nH]c3)ccc2[nH]1. The zero-order valence-corrected chi connectivity index (χ0v) is 10.3. The topological polar surface area (TPSA) is 85.6 Å². The smallest absolute Gasteiger partial charge is 0.323 e. The zero-order chi connectivity index (χ0) is 13.2. The van der Waals surface area contributed by atoms with Crippen molar-refractivity contribution in [3.8, 4) is 0 Å². The van der Waals surface area contributed by atoms with Gasteiger partial charge in [0.05, 0.1) is 11.9 Å². The van der Waals surface area contributed by atoms with E-state index in [9.17, 15) is 4.79 Å². The van der Waals surface area contributed by atoms with Crippen molar-refractivity contribution in [2.24, 2.45) is 0 Å². The van der Waals surface area contributed by atoms with E-state index in [4.69, 9.17) is 0 Å². The first kappa shape index (κ1) is 11.3. The van der Waals surface area contributed by atoms with Gasteiger partial charge in [0.2, 0.25) is 0 Å². The molecular weight excluding hydrogens is 242 g/mol. The molecule has 1 aromatic carbocycles. The molecule has 2 amide bonds. The lowest BCUT2D eigenvalue weighted by Gasteiger charge is -2.05. The first-order valence-electron chi connectivity index (χ1n) is 5.87. The highest BCUT2D eigenvalue weighted by Gasteiger charge is 2.04. The van der Waals surface area contributed by atoms with Crippen LogP contribution in [0.15, 0.2) is 36.7 Å². The van der Waals surface area contributed by atoms with Crippen molar-refractivity contribution in [2.75, 3.05) is 10.6 Å². The molecule has 0 saturated carbocycles. The number of fused-ring (bicyclic) bond motifs is 1. The standard InChI is InChI=1S/C13H13N5O/c1-8-4-9-5-10(2-3-12(9)16-8)17-13(19)18-11-6-14-15-7-11/h2-7,16H,1H3,(H,14,15)(H2,17,18,19). The number of aromatic nitrogens is 3. The summed E-state index contributed by atoms with van der Waals surface area (Å²) in [5, 5.41) is 12.9. The van der Waals surface area contributed by atoms with E-state index in [0.717, 1.165) is 22.3 Å². The highest BCUT2D eigenvalue weighted by atomic mass is 16.2. The maximum atomic E-state index is 11.7. The van der Waals surface area contributed by atoms with Crippen LogP contribution in [0, 0.1) is 6.92 Å². The molecule has 0 atom stereocenters. The van der Waals surface area contributed by atoms with Gasteiger partial charge in [-0.05, 0) is 31.2 Å². The van der Waals surface area contributed by atoms with Crippen molar-refractivity contribution in [3.63, 3.8) is 0 Å². The van der Waals surface area contributed by atoms with Gasteiger partial charge in [0.1, 0.15) is 0 Å². The fraction of sp³-hybridized carbons (Fsp3) is 0.0769. The lowest BCUT2D eigenvalue weighted by atomic mass is 10.2. The third kappa shape index (κ3) is 2.42. The summed E-state index contributed by atoms with van der Waals surface area (Å²) in [5.41, 5.74) is 3.51. The summed E-state index contributed by atoms with van der Waals surface area (Å²) in [6, 6.07) is 7.46. The Bertz CT molecular complexity index is 714. The molecule has 0 aliphatic rings. The Morgan fingerprint density at radius 3 is 2.84 bits per heavy atom. The normalized spacial score (nSPS) is 10.6. The molecule has 0 saturated heterocycles. The first-order valence-corrected chi connectivity index (χ1v) is 5.87. The van der Waals surface area contributed by atoms with Crippen molar-refractivity contribution in [1.29, 1.82) is 0 Å². The van der Waals surface area contributed by atoms with Crippen LogP contribution in [-0.2, 0) is 0 Å². The number of nitrogens with zero attached hydrogens (tertiary/aromatic N) is 1. The van der Waals surface area contributed by atoms with Crippen LogP contribution in [0.1, 0.15) is 5.69 Å². The first-order chi connectivity index (χ1) is 9.20. The second-order valence-corrected chi connectivity index (χ2v) is 4.32. The molecule has 0 aliphatic heterocycles. The van der Waals surface area contributed by atoms with E-state index in [-0.39, 0.29) is 6.03 Å². The van der Waals surface area contributed by atoms with Crippen molar-refractivity contribution in [2.45, 2.75) is 6.92 Å². The molecule has 3 rings (SSSR count). The van der Waals surface area contributed by atoms with Gasteiger partial charge < -0.3 is 15.6 Å². The Kier molecular flexibility index (Phi) is 2.68. The van der Waals surface area contributed by atoms with Crippen molar-refractivity contribution in [1.82, 2.24) is 15.2 Å². The quantitative estimate of drug-likeness (QED) is 0.567. The number of rotatable bonds is 2. The average Bonchev–Trinajstić information content (AvgIpc) is 2.96. The number of carbonyl (C=O) groups is 1. The molecule has 0 bridgehead atoms. The highest BCUT2D eigenvalue weighted by Crippen LogP contribution is 2.19. The number of carbonyl (C=O) groups excluding carboxylic acids is 1. The number of hydrogen-bond acceptors (Lipinski definition) is 2. The van der Waals surface area contributed by atoms with E-state index in [2.05, 4.69) is 25.8 Å². The monoisotopic (exact) mass is 255 g/mol. The van der Waals surface area contributed by atoms with Gasteiger partial charge >= 0.3 is 6.03 Å². The molecule has 4 N–H and O–H groups in total. The van der Waals surface area contributed by atoms with Gasteiger partial charge in [-0.15, -0.1) is 0 Å². The fourth-order valence-electron chi connectivity index (χ4n) is 1.97. The Hall–Kier alpha value is -2.76. The fourth-order valence-corrected chi connectivity index (χ4v) is 1.97. The van der Waals surface area contributed by atoms with Gasteiger partial charge in [0.15, 0.2) is 0 Å². The number of H-pyrrole nitrogens is 2. The van der Waals surface area contributed by atoms with Crippen LogP contribution >= 0.6 is 0 Å². The molecule has 0 unspecified atom stereocenters. The van der Waals surface area contributed by atoms with Crippen LogP contribution in [0.5, 0.6) is 0 Å². The average molecular weight is 255 g/mol. The lowest BCUT2D eigenvalue weighted by molar-refractivity contribution is 0.262. The minimum Gasteiger partial charge on any atom is -0.359 e. The van der Waals surface area contributed by atoms with Crippen molar-refractivity contribution in [3.05, 3.63) is 42.4 Å². The summed E-state index contributed by atoms with van der Waals surface area (Å²) in [6.45, 7) is 2.00. The molecule has 2 aromatic heterocycles. The number of aromatic amines is 2. The second-order valence-electron chi connectivity index (χ2n) is 4.32. The predicted octanol–water partition coefficient (Wildman–Crippen LogP) is 2.84. The Labute approximate surface area is 109 Å². The molecule has 0 radical (unpaired) electrons. The summed E-state index contributed by atoms with van der Waals surface area (Å²) >= 11 is 0. The van der Waals surface area contributed by atoms with Crippen LogP contribution in [0.3, 0.4) is 0 Å². The maximum Gasteiger partial charge on any atom is 0.323 e. The van der Waals surface area contributed by atoms with Gasteiger partial charge in [-0.1, -0.05) is 0 Å². The Morgan fingerprint density at radius 2 is 2.05 bits per heavy atom. The molecule has 96 valence electrons. The summed E-state index contributed by atoms with van der Waals surface area (Å²) in [6.07, 6.45) is 3.15. The molecule has 6 nitrogen and oxygen atoms in total. The number of anilines is 2. The molecule has 0 fully saturated rings. The molecule has 2 heterocycles. The maximum absolute atomic E-state index is 11.7. The minimum atomic E-state index is -0.298. The number of nitrogens with one attached hydrogen (secondary N) is 4. The Balaban J connectivity index is 1.75. The third-order valence-corrected chi connectivity index (χ3v) is 2.77. The molecule has 6 heteroatoms.